The van der Waals surface area contributed by atoms with Gasteiger partial charge in [0, 0.05) is 6.07 Å². The van der Waals surface area contributed by atoms with Gasteiger partial charge in [0.1, 0.15) is 0 Å². The van der Waals surface area contributed by atoms with Crippen molar-refractivity contribution >= 4 is 5.91 Å². The Morgan fingerprint density at radius 2 is 2.00 bits per heavy atom. The lowest BCUT2D eigenvalue weighted by atomic mass is 10.2. The Kier molecular flexibility index (Phi) is 2.68. The van der Waals surface area contributed by atoms with Gasteiger partial charge in [-0.1, -0.05) is 0 Å². The van der Waals surface area contributed by atoms with Crippen molar-refractivity contribution < 1.29 is 22.4 Å². The van der Waals surface area contributed by atoms with Crippen molar-refractivity contribution in [2.45, 2.75) is 6.43 Å². The van der Waals surface area contributed by atoms with Gasteiger partial charge in [0.25, 0.3) is 12.3 Å². The molecule has 0 aliphatic rings. The molecule has 0 saturated carbocycles. The van der Waals surface area contributed by atoms with E-state index in [0.717, 1.165) is 0 Å². The summed E-state index contributed by atoms with van der Waals surface area (Å²) in [5.74, 6) is -4.37. The molecule has 0 aromatic carbocycles. The fourth-order valence-electron chi connectivity index (χ4n) is 0.839. The molecule has 0 spiro atoms. The number of halogens is 4. The Labute approximate surface area is 75.5 Å². The molecule has 1 aromatic rings. The third-order valence-corrected chi connectivity index (χ3v) is 1.42. The molecular formula is C7H4F4N2O. The van der Waals surface area contributed by atoms with Gasteiger partial charge in [-0.2, -0.15) is 4.39 Å². The third-order valence-electron chi connectivity index (χ3n) is 1.42. The number of pyridine rings is 1. The molecule has 0 saturated heterocycles. The van der Waals surface area contributed by atoms with Crippen molar-refractivity contribution in [3.63, 3.8) is 0 Å². The zero-order valence-electron chi connectivity index (χ0n) is 6.60. The van der Waals surface area contributed by atoms with Gasteiger partial charge in [-0.25, -0.2) is 18.2 Å². The van der Waals surface area contributed by atoms with Crippen LogP contribution in [0.15, 0.2) is 6.07 Å². The molecule has 1 amide bonds. The van der Waals surface area contributed by atoms with Crippen molar-refractivity contribution in [2.75, 3.05) is 0 Å². The zero-order chi connectivity index (χ0) is 10.9. The maximum atomic E-state index is 12.9. The highest BCUT2D eigenvalue weighted by Crippen LogP contribution is 2.23. The van der Waals surface area contributed by atoms with E-state index in [-0.39, 0.29) is 6.07 Å². The van der Waals surface area contributed by atoms with Crippen molar-refractivity contribution in [3.05, 3.63) is 29.1 Å². The van der Waals surface area contributed by atoms with Gasteiger partial charge >= 0.3 is 0 Å². The fraction of sp³-hybridized carbons (Fsp3) is 0.143. The van der Waals surface area contributed by atoms with Crippen LogP contribution >= 0.6 is 0 Å². The molecule has 76 valence electrons. The van der Waals surface area contributed by atoms with E-state index in [1.165, 1.54) is 0 Å². The molecule has 0 fully saturated rings. The van der Waals surface area contributed by atoms with Gasteiger partial charge in [-0.15, -0.1) is 0 Å². The summed E-state index contributed by atoms with van der Waals surface area (Å²) in [6.45, 7) is 0. The average Bonchev–Trinajstić information content (AvgIpc) is 2.07. The molecular weight excluding hydrogens is 204 g/mol. The first kappa shape index (κ1) is 10.4. The molecule has 1 rings (SSSR count). The molecule has 14 heavy (non-hydrogen) atoms. The number of carbonyl (C=O) groups excluding carboxylic acids is 1. The fourth-order valence-corrected chi connectivity index (χ4v) is 0.839. The smallest absolute Gasteiger partial charge is 0.270 e. The number of alkyl halides is 2. The molecule has 0 aliphatic carbocycles. The molecule has 0 unspecified atom stereocenters. The zero-order valence-corrected chi connectivity index (χ0v) is 6.60. The van der Waals surface area contributed by atoms with Gasteiger partial charge < -0.3 is 5.73 Å². The first-order valence-electron chi connectivity index (χ1n) is 3.37. The Bertz CT molecular complexity index is 380. The number of nitrogens with zero attached hydrogens (tertiary/aromatic N) is 1. The van der Waals surface area contributed by atoms with Crippen LogP contribution in [-0.4, -0.2) is 10.9 Å². The molecule has 0 radical (unpaired) electrons. The monoisotopic (exact) mass is 208 g/mol. The summed E-state index contributed by atoms with van der Waals surface area (Å²) in [4.78, 5) is 13.2. The summed E-state index contributed by atoms with van der Waals surface area (Å²) in [7, 11) is 0. The topological polar surface area (TPSA) is 56.0 Å². The number of nitrogens with two attached hydrogens (primary N) is 1. The Hall–Kier alpha value is -1.66. The van der Waals surface area contributed by atoms with Gasteiger partial charge in [-0.3, -0.25) is 4.79 Å². The maximum Gasteiger partial charge on any atom is 0.270 e. The van der Waals surface area contributed by atoms with E-state index in [4.69, 9.17) is 0 Å². The largest absolute Gasteiger partial charge is 0.364 e. The van der Waals surface area contributed by atoms with Gasteiger partial charge in [-0.05, 0) is 0 Å². The standard InChI is InChI=1S/C7H4F4N2O/c8-3-1-2(6(10)11)4(9)5(13-3)7(12)14/h1,6H,(H2,12,14). The van der Waals surface area contributed by atoms with E-state index in [1.54, 1.807) is 0 Å². The van der Waals surface area contributed by atoms with Crippen LogP contribution in [0.1, 0.15) is 22.5 Å². The van der Waals surface area contributed by atoms with Crippen molar-refractivity contribution in [2.24, 2.45) is 5.73 Å². The molecule has 2 N–H and O–H groups in total. The van der Waals surface area contributed by atoms with Crippen LogP contribution < -0.4 is 5.73 Å². The number of carbonyl (C=O) groups is 1. The predicted molar refractivity (Wildman–Crippen MR) is 37.6 cm³/mol. The second-order valence-corrected chi connectivity index (χ2v) is 2.36. The highest BCUT2D eigenvalue weighted by atomic mass is 19.3. The van der Waals surface area contributed by atoms with Gasteiger partial charge in [0.2, 0.25) is 5.95 Å². The molecule has 1 aromatic heterocycles. The minimum absolute atomic E-state index is 0.215. The van der Waals surface area contributed by atoms with Crippen LogP contribution in [-0.2, 0) is 0 Å². The van der Waals surface area contributed by atoms with Gasteiger partial charge in [0.05, 0.1) is 5.56 Å². The summed E-state index contributed by atoms with van der Waals surface area (Å²) in [6, 6.07) is 0.215. The number of amides is 1. The van der Waals surface area contributed by atoms with Crippen LogP contribution in [0.25, 0.3) is 0 Å². The summed E-state index contributed by atoms with van der Waals surface area (Å²) < 4.78 is 49.6. The van der Waals surface area contributed by atoms with Gasteiger partial charge in [0.15, 0.2) is 11.5 Å². The Morgan fingerprint density at radius 3 is 2.43 bits per heavy atom. The second kappa shape index (κ2) is 3.60. The lowest BCUT2D eigenvalue weighted by Gasteiger charge is -2.04. The molecule has 1 heterocycles. The summed E-state index contributed by atoms with van der Waals surface area (Å²) in [5, 5.41) is 0. The van der Waals surface area contributed by atoms with Crippen LogP contribution in [0, 0.1) is 11.8 Å². The van der Waals surface area contributed by atoms with E-state index in [0.29, 0.717) is 0 Å². The van der Waals surface area contributed by atoms with E-state index in [9.17, 15) is 22.4 Å². The van der Waals surface area contributed by atoms with Crippen LogP contribution in [0.3, 0.4) is 0 Å². The second-order valence-electron chi connectivity index (χ2n) is 2.36. The Balaban J connectivity index is 3.40. The highest BCUT2D eigenvalue weighted by molar-refractivity contribution is 5.91. The lowest BCUT2D eigenvalue weighted by Crippen LogP contribution is -2.17. The number of hydrogen-bond donors (Lipinski definition) is 1. The number of aromatic nitrogens is 1. The van der Waals surface area contributed by atoms with Crippen molar-refractivity contribution in [1.29, 1.82) is 0 Å². The molecule has 7 heteroatoms. The van der Waals surface area contributed by atoms with E-state index < -0.39 is 35.4 Å². The normalized spacial score (nSPS) is 10.6. The first-order chi connectivity index (χ1) is 6.43. The quantitative estimate of drug-likeness (QED) is 0.589. The maximum absolute atomic E-state index is 12.9. The molecule has 0 bridgehead atoms. The number of rotatable bonds is 2. The van der Waals surface area contributed by atoms with E-state index in [2.05, 4.69) is 10.7 Å². The van der Waals surface area contributed by atoms with Crippen LogP contribution in [0.5, 0.6) is 0 Å². The highest BCUT2D eigenvalue weighted by Gasteiger charge is 2.22. The average molecular weight is 208 g/mol. The number of hydrogen-bond acceptors (Lipinski definition) is 2. The summed E-state index contributed by atoms with van der Waals surface area (Å²) in [6.07, 6.45) is -3.23. The minimum atomic E-state index is -3.23. The third kappa shape index (κ3) is 1.81. The van der Waals surface area contributed by atoms with Crippen LogP contribution in [0.4, 0.5) is 17.6 Å². The molecule has 0 aliphatic heterocycles. The number of primary amides is 1. The minimum Gasteiger partial charge on any atom is -0.364 e. The molecule has 0 atom stereocenters. The van der Waals surface area contributed by atoms with Crippen LogP contribution in [0.2, 0.25) is 0 Å². The van der Waals surface area contributed by atoms with E-state index in [1.807, 2.05) is 0 Å². The van der Waals surface area contributed by atoms with Crippen molar-refractivity contribution in [1.82, 2.24) is 4.98 Å². The molecule has 3 nitrogen and oxygen atoms in total. The SMILES string of the molecule is NC(=O)c1nc(F)cc(C(F)F)c1F. The lowest BCUT2D eigenvalue weighted by molar-refractivity contribution is 0.0987. The predicted octanol–water partition coefficient (Wildman–Crippen LogP) is 1.40. The van der Waals surface area contributed by atoms with E-state index >= 15 is 0 Å². The summed E-state index contributed by atoms with van der Waals surface area (Å²) in [5.41, 5.74) is 2.24. The first-order valence-corrected chi connectivity index (χ1v) is 3.37. The Morgan fingerprint density at radius 1 is 1.43 bits per heavy atom. The summed E-state index contributed by atoms with van der Waals surface area (Å²) >= 11 is 0. The van der Waals surface area contributed by atoms with Crippen molar-refractivity contribution in [3.8, 4) is 0 Å².